The smallest absolute Gasteiger partial charge is 0.338 e. The van der Waals surface area contributed by atoms with Gasteiger partial charge in [0.2, 0.25) is 9.84 Å². The number of esters is 1. The minimum absolute atomic E-state index is 0.0561. The molecule has 2 aliphatic rings. The van der Waals surface area contributed by atoms with Gasteiger partial charge in [-0.1, -0.05) is 24.3 Å². The van der Waals surface area contributed by atoms with E-state index in [0.717, 1.165) is 18.4 Å². The largest absolute Gasteiger partial charge is 0.497 e. The van der Waals surface area contributed by atoms with E-state index in [1.807, 2.05) is 6.07 Å². The van der Waals surface area contributed by atoms with Gasteiger partial charge >= 0.3 is 5.97 Å². The summed E-state index contributed by atoms with van der Waals surface area (Å²) in [5, 5.41) is 0. The molecule has 0 saturated carbocycles. The number of fused-ring (bicyclic) bond motifs is 2. The molecule has 8 nitrogen and oxygen atoms in total. The number of methoxy groups -OCH3 is 1. The van der Waals surface area contributed by atoms with Crippen LogP contribution in [0.5, 0.6) is 5.75 Å². The summed E-state index contributed by atoms with van der Waals surface area (Å²) in [5.74, 6) is -0.490. The summed E-state index contributed by atoms with van der Waals surface area (Å²) in [4.78, 5) is 27.8. The fraction of sp³-hybridized carbons (Fsp3) is 0.259. The van der Waals surface area contributed by atoms with Crippen LogP contribution in [0.15, 0.2) is 76.5 Å². The first-order valence-corrected chi connectivity index (χ1v) is 13.1. The Hall–Kier alpha value is -3.69. The molecule has 0 bridgehead atoms. The van der Waals surface area contributed by atoms with Gasteiger partial charge < -0.3 is 19.1 Å². The number of sulfone groups is 1. The lowest BCUT2D eigenvalue weighted by atomic mass is 10.1. The zero-order valence-corrected chi connectivity index (χ0v) is 20.5. The zero-order chi connectivity index (χ0) is 25.3. The van der Waals surface area contributed by atoms with E-state index >= 15 is 0 Å². The van der Waals surface area contributed by atoms with Crippen molar-refractivity contribution < 1.29 is 32.2 Å². The number of carbonyl (C=O) groups excluding carboxylic acids is 2. The number of anilines is 1. The minimum atomic E-state index is -4.04. The fourth-order valence-corrected chi connectivity index (χ4v) is 6.10. The monoisotopic (exact) mass is 507 g/mol. The van der Waals surface area contributed by atoms with Crippen molar-refractivity contribution in [3.63, 3.8) is 0 Å². The van der Waals surface area contributed by atoms with E-state index in [9.17, 15) is 18.0 Å². The number of amides is 1. The van der Waals surface area contributed by atoms with Crippen molar-refractivity contribution in [1.29, 1.82) is 0 Å². The second-order valence-electron chi connectivity index (χ2n) is 8.66. The number of benzene rings is 3. The van der Waals surface area contributed by atoms with Gasteiger partial charge in [0.05, 0.1) is 46.4 Å². The van der Waals surface area contributed by atoms with Gasteiger partial charge in [-0.05, 0) is 60.9 Å². The summed E-state index contributed by atoms with van der Waals surface area (Å²) >= 11 is 0. The molecule has 1 saturated heterocycles. The third-order valence-electron chi connectivity index (χ3n) is 6.33. The van der Waals surface area contributed by atoms with Crippen molar-refractivity contribution in [3.8, 4) is 5.75 Å². The van der Waals surface area contributed by atoms with E-state index in [1.54, 1.807) is 37.4 Å². The molecule has 1 amide bonds. The van der Waals surface area contributed by atoms with Gasteiger partial charge in [-0.15, -0.1) is 0 Å². The first kappa shape index (κ1) is 24.0. The van der Waals surface area contributed by atoms with Crippen molar-refractivity contribution in [2.75, 3.05) is 25.2 Å². The maximum atomic E-state index is 13.7. The van der Waals surface area contributed by atoms with Gasteiger partial charge in [-0.25, -0.2) is 13.2 Å². The molecule has 9 heteroatoms. The summed E-state index contributed by atoms with van der Waals surface area (Å²) in [5.41, 5.74) is 1.07. The van der Waals surface area contributed by atoms with Crippen molar-refractivity contribution in [1.82, 2.24) is 0 Å². The molecular weight excluding hydrogens is 482 g/mol. The topological polar surface area (TPSA) is 99.2 Å². The maximum absolute atomic E-state index is 13.7. The molecule has 36 heavy (non-hydrogen) atoms. The minimum Gasteiger partial charge on any atom is -0.497 e. The Balaban J connectivity index is 1.58. The first-order valence-electron chi connectivity index (χ1n) is 11.6. The van der Waals surface area contributed by atoms with Crippen LogP contribution in [0.4, 0.5) is 5.69 Å². The predicted molar refractivity (Wildman–Crippen MR) is 131 cm³/mol. The number of hydrogen-bond donors (Lipinski definition) is 0. The summed E-state index contributed by atoms with van der Waals surface area (Å²) < 4.78 is 43.5. The van der Waals surface area contributed by atoms with Crippen molar-refractivity contribution in [3.05, 3.63) is 83.4 Å². The molecule has 0 spiro atoms. The zero-order valence-electron chi connectivity index (χ0n) is 19.7. The van der Waals surface area contributed by atoms with Gasteiger partial charge in [-0.2, -0.15) is 0 Å². The Morgan fingerprint density at radius 1 is 1.06 bits per heavy atom. The van der Waals surface area contributed by atoms with Gasteiger partial charge in [-0.3, -0.25) is 4.79 Å². The van der Waals surface area contributed by atoms with Crippen LogP contribution in [0.25, 0.3) is 0 Å². The van der Waals surface area contributed by atoms with Crippen LogP contribution in [0, 0.1) is 0 Å². The summed E-state index contributed by atoms with van der Waals surface area (Å²) in [6.07, 6.45) is 1.59. The lowest BCUT2D eigenvalue weighted by Crippen LogP contribution is -2.30. The highest BCUT2D eigenvalue weighted by atomic mass is 32.2. The number of carbonyl (C=O) groups is 2. The maximum Gasteiger partial charge on any atom is 0.338 e. The quantitative estimate of drug-likeness (QED) is 0.465. The molecule has 0 aromatic heterocycles. The Bertz CT molecular complexity index is 1430. The summed E-state index contributed by atoms with van der Waals surface area (Å²) in [6, 6.07) is 17.5. The average molecular weight is 508 g/mol. The van der Waals surface area contributed by atoms with Crippen LogP contribution in [0.1, 0.15) is 39.1 Å². The molecule has 0 N–H and O–H groups in total. The predicted octanol–water partition coefficient (Wildman–Crippen LogP) is 4.02. The Kier molecular flexibility index (Phi) is 6.51. The third kappa shape index (κ3) is 4.47. The fourth-order valence-electron chi connectivity index (χ4n) is 4.47. The summed E-state index contributed by atoms with van der Waals surface area (Å²) in [6.45, 7) is 0.828. The van der Waals surface area contributed by atoms with E-state index < -0.39 is 21.7 Å². The SMILES string of the molecule is COc1cccc(CN2C(=O)c3ccccc3S(=O)(=O)c3ccc(C(=O)OC[C@@H]4CCCO4)cc32)c1. The second-order valence-corrected chi connectivity index (χ2v) is 10.5. The van der Waals surface area contributed by atoms with Crippen LogP contribution < -0.4 is 9.64 Å². The van der Waals surface area contributed by atoms with Gasteiger partial charge in [0, 0.05) is 6.61 Å². The lowest BCUT2D eigenvalue weighted by Gasteiger charge is -2.23. The van der Waals surface area contributed by atoms with E-state index in [0.29, 0.717) is 12.4 Å². The molecule has 5 rings (SSSR count). The highest BCUT2D eigenvalue weighted by Gasteiger charge is 2.36. The number of rotatable bonds is 6. The molecule has 2 heterocycles. The highest BCUT2D eigenvalue weighted by Crippen LogP contribution is 2.38. The van der Waals surface area contributed by atoms with Gasteiger partial charge in [0.25, 0.3) is 5.91 Å². The molecule has 0 aliphatic carbocycles. The average Bonchev–Trinajstić information content (AvgIpc) is 3.41. The standard InChI is InChI=1S/C27H25NO7S/c1-33-20-7-4-6-18(14-20)16-28-23-15-19(27(30)35-17-21-8-5-13-34-21)11-12-25(23)36(31,32)24-10-3-2-9-22(24)26(28)29/h2-4,6-7,9-12,14-15,21H,5,8,13,16-17H2,1H3/t21-/m0/s1. The van der Waals surface area contributed by atoms with E-state index in [2.05, 4.69) is 0 Å². The third-order valence-corrected chi connectivity index (χ3v) is 8.19. The van der Waals surface area contributed by atoms with Crippen LogP contribution >= 0.6 is 0 Å². The number of hydrogen-bond acceptors (Lipinski definition) is 7. The Morgan fingerprint density at radius 2 is 1.89 bits per heavy atom. The first-order chi connectivity index (χ1) is 17.4. The molecule has 0 radical (unpaired) electrons. The van der Waals surface area contributed by atoms with Gasteiger partial charge in [0.1, 0.15) is 12.4 Å². The van der Waals surface area contributed by atoms with Crippen molar-refractivity contribution >= 4 is 27.4 Å². The van der Waals surface area contributed by atoms with Gasteiger partial charge in [0.15, 0.2) is 0 Å². The second kappa shape index (κ2) is 9.75. The summed E-state index contributed by atoms with van der Waals surface area (Å²) in [7, 11) is -2.49. The molecule has 186 valence electrons. The molecular formula is C27H25NO7S. The highest BCUT2D eigenvalue weighted by molar-refractivity contribution is 7.91. The van der Waals surface area contributed by atoms with Crippen LogP contribution in [-0.2, 0) is 25.9 Å². The number of nitrogens with zero attached hydrogens (tertiary/aromatic N) is 1. The molecule has 0 unspecified atom stereocenters. The van der Waals surface area contributed by atoms with E-state index in [-0.39, 0.29) is 45.9 Å². The molecule has 3 aromatic rings. The molecule has 3 aromatic carbocycles. The van der Waals surface area contributed by atoms with Crippen LogP contribution in [0.3, 0.4) is 0 Å². The van der Waals surface area contributed by atoms with Crippen molar-refractivity contribution in [2.45, 2.75) is 35.3 Å². The Labute approximate surface area is 209 Å². The van der Waals surface area contributed by atoms with Crippen molar-refractivity contribution in [2.24, 2.45) is 0 Å². The molecule has 1 atom stereocenters. The lowest BCUT2D eigenvalue weighted by molar-refractivity contribution is 0.0161. The van der Waals surface area contributed by atoms with Crippen LogP contribution in [0.2, 0.25) is 0 Å². The molecule has 1 fully saturated rings. The number of ether oxygens (including phenoxy) is 3. The van der Waals surface area contributed by atoms with E-state index in [4.69, 9.17) is 14.2 Å². The van der Waals surface area contributed by atoms with E-state index in [1.165, 1.54) is 35.2 Å². The molecule has 2 aliphatic heterocycles. The Morgan fingerprint density at radius 3 is 2.67 bits per heavy atom. The normalized spacial score (nSPS) is 18.2. The van der Waals surface area contributed by atoms with Crippen LogP contribution in [-0.4, -0.2) is 46.7 Å².